The molecule has 0 saturated heterocycles. The summed E-state index contributed by atoms with van der Waals surface area (Å²) >= 11 is 3.21. The molecule has 98 valence electrons. The lowest BCUT2D eigenvalue weighted by Gasteiger charge is -2.18. The van der Waals surface area contributed by atoms with Gasteiger partial charge < -0.3 is 14.8 Å². The van der Waals surface area contributed by atoms with Gasteiger partial charge in [0.2, 0.25) is 0 Å². The van der Waals surface area contributed by atoms with E-state index in [0.717, 1.165) is 0 Å². The number of ether oxygens (including phenoxy) is 1. The van der Waals surface area contributed by atoms with Crippen molar-refractivity contribution in [2.75, 3.05) is 6.61 Å². The standard InChI is InChI=1S/C12H16BBrO4/c1-12(2,3)7-18-11(15)9-5-4-8(14)6-10(9)13(16)17/h4-6,16-17H,7H2,1-3H3. The Morgan fingerprint density at radius 3 is 2.50 bits per heavy atom. The molecule has 0 fully saturated rings. The van der Waals surface area contributed by atoms with E-state index in [-0.39, 0.29) is 23.0 Å². The summed E-state index contributed by atoms with van der Waals surface area (Å²) < 4.78 is 5.81. The molecular weight excluding hydrogens is 299 g/mol. The summed E-state index contributed by atoms with van der Waals surface area (Å²) in [6.07, 6.45) is 0. The Bertz CT molecular complexity index is 440. The third kappa shape index (κ3) is 4.44. The third-order valence-electron chi connectivity index (χ3n) is 2.15. The maximum atomic E-state index is 11.9. The van der Waals surface area contributed by atoms with Crippen LogP contribution in [0.1, 0.15) is 31.1 Å². The summed E-state index contributed by atoms with van der Waals surface area (Å²) in [6, 6.07) is 4.64. The van der Waals surface area contributed by atoms with Crippen molar-refractivity contribution in [3.63, 3.8) is 0 Å². The predicted octanol–water partition coefficient (Wildman–Crippen LogP) is 1.33. The van der Waals surface area contributed by atoms with Crippen molar-refractivity contribution in [2.24, 2.45) is 5.41 Å². The Morgan fingerprint density at radius 2 is 2.00 bits per heavy atom. The molecule has 0 aromatic heterocycles. The number of benzene rings is 1. The van der Waals surface area contributed by atoms with Crippen molar-refractivity contribution in [3.8, 4) is 0 Å². The van der Waals surface area contributed by atoms with Gasteiger partial charge in [0.05, 0.1) is 12.2 Å². The Kier molecular flexibility index (Phi) is 4.96. The number of hydrogen-bond acceptors (Lipinski definition) is 4. The first-order chi connectivity index (χ1) is 8.20. The van der Waals surface area contributed by atoms with Crippen LogP contribution in [0.25, 0.3) is 0 Å². The molecule has 2 N–H and O–H groups in total. The van der Waals surface area contributed by atoms with E-state index < -0.39 is 13.1 Å². The van der Waals surface area contributed by atoms with Crippen LogP contribution in [0.3, 0.4) is 0 Å². The van der Waals surface area contributed by atoms with Crippen LogP contribution in [-0.2, 0) is 4.74 Å². The molecule has 0 aliphatic heterocycles. The van der Waals surface area contributed by atoms with Gasteiger partial charge in [-0.25, -0.2) is 4.79 Å². The molecule has 0 spiro atoms. The van der Waals surface area contributed by atoms with E-state index in [4.69, 9.17) is 4.74 Å². The topological polar surface area (TPSA) is 66.8 Å². The minimum Gasteiger partial charge on any atom is -0.462 e. The Balaban J connectivity index is 2.92. The first kappa shape index (κ1) is 15.2. The van der Waals surface area contributed by atoms with E-state index in [2.05, 4.69) is 15.9 Å². The van der Waals surface area contributed by atoms with E-state index in [0.29, 0.717) is 4.47 Å². The molecule has 0 aliphatic carbocycles. The van der Waals surface area contributed by atoms with Gasteiger partial charge in [0.15, 0.2) is 0 Å². The largest absolute Gasteiger partial charge is 0.489 e. The van der Waals surface area contributed by atoms with Gasteiger partial charge >= 0.3 is 13.1 Å². The molecular formula is C12H16BBrO4. The van der Waals surface area contributed by atoms with Crippen LogP contribution in [-0.4, -0.2) is 29.7 Å². The summed E-state index contributed by atoms with van der Waals surface area (Å²) in [4.78, 5) is 11.9. The fourth-order valence-electron chi connectivity index (χ4n) is 1.29. The molecule has 0 atom stereocenters. The summed E-state index contributed by atoms with van der Waals surface area (Å²) in [5.41, 5.74) is 0.156. The Morgan fingerprint density at radius 1 is 1.39 bits per heavy atom. The first-order valence-corrected chi connectivity index (χ1v) is 6.33. The van der Waals surface area contributed by atoms with Crippen molar-refractivity contribution in [3.05, 3.63) is 28.2 Å². The third-order valence-corrected chi connectivity index (χ3v) is 2.64. The van der Waals surface area contributed by atoms with Crippen molar-refractivity contribution < 1.29 is 19.6 Å². The molecule has 1 rings (SSSR count). The molecule has 0 radical (unpaired) electrons. The van der Waals surface area contributed by atoms with Crippen molar-refractivity contribution in [1.82, 2.24) is 0 Å². The van der Waals surface area contributed by atoms with Crippen LogP contribution in [0.5, 0.6) is 0 Å². The zero-order chi connectivity index (χ0) is 13.9. The lowest BCUT2D eigenvalue weighted by atomic mass is 9.77. The van der Waals surface area contributed by atoms with Gasteiger partial charge in [0.25, 0.3) is 0 Å². The second-order valence-corrected chi connectivity index (χ2v) is 6.16. The number of rotatable bonds is 3. The summed E-state index contributed by atoms with van der Waals surface area (Å²) in [5.74, 6) is -0.555. The predicted molar refractivity (Wildman–Crippen MR) is 73.7 cm³/mol. The number of carbonyl (C=O) groups excluding carboxylic acids is 1. The molecule has 0 bridgehead atoms. The Labute approximate surface area is 115 Å². The van der Waals surface area contributed by atoms with E-state index in [1.54, 1.807) is 6.07 Å². The fourth-order valence-corrected chi connectivity index (χ4v) is 1.67. The van der Waals surface area contributed by atoms with Crippen LogP contribution in [0.4, 0.5) is 0 Å². The van der Waals surface area contributed by atoms with E-state index in [9.17, 15) is 14.8 Å². The van der Waals surface area contributed by atoms with Gasteiger partial charge in [0, 0.05) is 4.47 Å². The molecule has 18 heavy (non-hydrogen) atoms. The molecule has 0 saturated carbocycles. The second kappa shape index (κ2) is 5.86. The van der Waals surface area contributed by atoms with Crippen LogP contribution < -0.4 is 5.46 Å². The summed E-state index contributed by atoms with van der Waals surface area (Å²) in [7, 11) is -1.71. The maximum Gasteiger partial charge on any atom is 0.489 e. The van der Waals surface area contributed by atoms with E-state index >= 15 is 0 Å². The molecule has 0 amide bonds. The summed E-state index contributed by atoms with van der Waals surface area (Å²) in [5, 5.41) is 18.5. The molecule has 4 nitrogen and oxygen atoms in total. The van der Waals surface area contributed by atoms with E-state index in [1.165, 1.54) is 12.1 Å². The SMILES string of the molecule is CC(C)(C)COC(=O)c1ccc(Br)cc1B(O)O. The average Bonchev–Trinajstić information content (AvgIpc) is 2.24. The second-order valence-electron chi connectivity index (χ2n) is 5.24. The van der Waals surface area contributed by atoms with Crippen LogP contribution in [0.15, 0.2) is 22.7 Å². The molecule has 1 aromatic carbocycles. The van der Waals surface area contributed by atoms with Crippen molar-refractivity contribution >= 4 is 34.5 Å². The van der Waals surface area contributed by atoms with Crippen LogP contribution >= 0.6 is 15.9 Å². The zero-order valence-electron chi connectivity index (χ0n) is 10.6. The normalized spacial score (nSPS) is 11.2. The quantitative estimate of drug-likeness (QED) is 0.652. The number of esters is 1. The fraction of sp³-hybridized carbons (Fsp3) is 0.417. The molecule has 1 aromatic rings. The van der Waals surface area contributed by atoms with Gasteiger partial charge in [-0.2, -0.15) is 0 Å². The molecule has 6 heteroatoms. The van der Waals surface area contributed by atoms with Crippen LogP contribution in [0, 0.1) is 5.41 Å². The van der Waals surface area contributed by atoms with E-state index in [1.807, 2.05) is 20.8 Å². The van der Waals surface area contributed by atoms with Gasteiger partial charge in [-0.05, 0) is 29.1 Å². The van der Waals surface area contributed by atoms with Gasteiger partial charge in [-0.1, -0.05) is 36.7 Å². The minimum absolute atomic E-state index is 0.128. The van der Waals surface area contributed by atoms with Crippen LogP contribution in [0.2, 0.25) is 0 Å². The maximum absolute atomic E-state index is 11.9. The smallest absolute Gasteiger partial charge is 0.462 e. The molecule has 0 unspecified atom stereocenters. The highest BCUT2D eigenvalue weighted by molar-refractivity contribution is 9.10. The zero-order valence-corrected chi connectivity index (χ0v) is 12.2. The minimum atomic E-state index is -1.71. The highest BCUT2D eigenvalue weighted by Gasteiger charge is 2.23. The van der Waals surface area contributed by atoms with Crippen molar-refractivity contribution in [1.29, 1.82) is 0 Å². The van der Waals surface area contributed by atoms with Crippen molar-refractivity contribution in [2.45, 2.75) is 20.8 Å². The average molecular weight is 315 g/mol. The van der Waals surface area contributed by atoms with Gasteiger partial charge in [-0.3, -0.25) is 0 Å². The lowest BCUT2D eigenvalue weighted by Crippen LogP contribution is -2.35. The first-order valence-electron chi connectivity index (χ1n) is 5.53. The number of carbonyl (C=O) groups is 1. The molecule has 0 aliphatic rings. The lowest BCUT2D eigenvalue weighted by molar-refractivity contribution is 0.0368. The summed E-state index contributed by atoms with van der Waals surface area (Å²) in [6.45, 7) is 6.11. The van der Waals surface area contributed by atoms with Gasteiger partial charge in [-0.15, -0.1) is 0 Å². The highest BCUT2D eigenvalue weighted by Crippen LogP contribution is 2.15. The monoisotopic (exact) mass is 314 g/mol. The highest BCUT2D eigenvalue weighted by atomic mass is 79.9. The Hall–Kier alpha value is -0.845. The molecule has 0 heterocycles. The number of halogens is 1. The van der Waals surface area contributed by atoms with Gasteiger partial charge in [0.1, 0.15) is 0 Å². The number of hydrogen-bond donors (Lipinski definition) is 2.